The van der Waals surface area contributed by atoms with Crippen LogP contribution in [0.5, 0.6) is 0 Å². The van der Waals surface area contributed by atoms with Crippen molar-refractivity contribution in [2.75, 3.05) is 25.1 Å². The lowest BCUT2D eigenvalue weighted by Crippen LogP contribution is -2.25. The Labute approximate surface area is 134 Å². The summed E-state index contributed by atoms with van der Waals surface area (Å²) in [6, 6.07) is 5.50. The number of anilines is 1. The molecule has 0 saturated heterocycles. The quantitative estimate of drug-likeness (QED) is 0.641. The van der Waals surface area contributed by atoms with Crippen LogP contribution in [0.3, 0.4) is 0 Å². The molecule has 3 nitrogen and oxygen atoms in total. The summed E-state index contributed by atoms with van der Waals surface area (Å²) < 4.78 is 6.35. The molecule has 0 saturated carbocycles. The highest BCUT2D eigenvalue weighted by Crippen LogP contribution is 2.25. The smallest absolute Gasteiger partial charge is 0.0945 e. The average Bonchev–Trinajstić information content (AvgIpc) is 2.37. The van der Waals surface area contributed by atoms with Gasteiger partial charge >= 0.3 is 0 Å². The summed E-state index contributed by atoms with van der Waals surface area (Å²) >= 11 is 9.30. The Kier molecular flexibility index (Phi) is 8.53. The molecule has 1 atom stereocenters. The van der Waals surface area contributed by atoms with Crippen LogP contribution >= 0.6 is 27.5 Å². The Morgan fingerprint density at radius 2 is 2.15 bits per heavy atom. The lowest BCUT2D eigenvalue weighted by Gasteiger charge is -2.14. The monoisotopic (exact) mass is 363 g/mol. The number of nitrogens with one attached hydrogen (secondary N) is 1. The molecule has 5 heteroatoms. The molecular weight excluding hydrogens is 342 g/mol. The van der Waals surface area contributed by atoms with E-state index in [1.54, 1.807) is 0 Å². The lowest BCUT2D eigenvalue weighted by molar-refractivity contribution is 0.0409. The Balaban J connectivity index is 2.18. The number of aliphatic hydroxyl groups is 1. The fraction of sp³-hybridized carbons (Fsp3) is 0.600. The first-order chi connectivity index (χ1) is 9.49. The molecule has 114 valence electrons. The highest BCUT2D eigenvalue weighted by atomic mass is 79.9. The third kappa shape index (κ3) is 7.48. The van der Waals surface area contributed by atoms with Crippen molar-refractivity contribution in [3.8, 4) is 0 Å². The van der Waals surface area contributed by atoms with Crippen molar-refractivity contribution in [1.29, 1.82) is 0 Å². The van der Waals surface area contributed by atoms with Crippen LogP contribution in [0, 0.1) is 5.92 Å². The van der Waals surface area contributed by atoms with E-state index >= 15 is 0 Å². The van der Waals surface area contributed by atoms with Gasteiger partial charge in [-0.2, -0.15) is 0 Å². The molecule has 0 aliphatic heterocycles. The summed E-state index contributed by atoms with van der Waals surface area (Å²) in [6.07, 6.45) is 1.68. The fourth-order valence-electron chi connectivity index (χ4n) is 1.73. The first kappa shape index (κ1) is 17.8. The summed E-state index contributed by atoms with van der Waals surface area (Å²) in [6.45, 7) is 5.91. The van der Waals surface area contributed by atoms with E-state index in [1.165, 1.54) is 0 Å². The van der Waals surface area contributed by atoms with Crippen molar-refractivity contribution in [3.63, 3.8) is 0 Å². The molecule has 0 amide bonds. The average molecular weight is 365 g/mol. The maximum absolute atomic E-state index is 9.84. The van der Waals surface area contributed by atoms with Gasteiger partial charge in [0.05, 0.1) is 12.7 Å². The Morgan fingerprint density at radius 1 is 1.40 bits per heavy atom. The van der Waals surface area contributed by atoms with Crippen LogP contribution in [0.4, 0.5) is 5.69 Å². The Bertz CT molecular complexity index is 401. The maximum atomic E-state index is 9.84. The minimum atomic E-state index is -0.517. The van der Waals surface area contributed by atoms with E-state index in [-0.39, 0.29) is 0 Å². The molecule has 1 aromatic carbocycles. The van der Waals surface area contributed by atoms with Gasteiger partial charge in [-0.15, -0.1) is 0 Å². The summed E-state index contributed by atoms with van der Waals surface area (Å²) in [7, 11) is 0. The molecule has 2 N–H and O–H groups in total. The molecule has 1 aromatic rings. The summed E-state index contributed by atoms with van der Waals surface area (Å²) in [4.78, 5) is 0. The SMILES string of the molecule is CC(C)CCCOCC(O)CNc1ccc(Cl)cc1Br. The minimum absolute atomic E-state index is 0.357. The standard InChI is InChI=1S/C15H23BrClNO2/c1-11(2)4-3-7-20-10-13(19)9-18-15-6-5-12(17)8-14(15)16/h5-6,8,11,13,18-19H,3-4,7,9-10H2,1-2H3. The molecule has 0 heterocycles. The van der Waals surface area contributed by atoms with Crippen molar-refractivity contribution < 1.29 is 9.84 Å². The number of hydrogen-bond acceptors (Lipinski definition) is 3. The molecule has 0 aliphatic carbocycles. The van der Waals surface area contributed by atoms with Gasteiger partial charge in [0, 0.05) is 28.3 Å². The number of ether oxygens (including phenoxy) is 1. The van der Waals surface area contributed by atoms with Crippen LogP contribution in [0.25, 0.3) is 0 Å². The number of hydrogen-bond donors (Lipinski definition) is 2. The van der Waals surface area contributed by atoms with Crippen molar-refractivity contribution in [1.82, 2.24) is 0 Å². The molecule has 0 fully saturated rings. The van der Waals surface area contributed by atoms with Crippen molar-refractivity contribution >= 4 is 33.2 Å². The topological polar surface area (TPSA) is 41.5 Å². The van der Waals surface area contributed by atoms with Gasteiger partial charge in [-0.05, 0) is 52.9 Å². The zero-order valence-electron chi connectivity index (χ0n) is 12.0. The number of benzene rings is 1. The van der Waals surface area contributed by atoms with Gasteiger partial charge in [0.15, 0.2) is 0 Å². The van der Waals surface area contributed by atoms with E-state index in [9.17, 15) is 5.11 Å². The van der Waals surface area contributed by atoms with Crippen LogP contribution in [-0.2, 0) is 4.74 Å². The van der Waals surface area contributed by atoms with E-state index in [0.29, 0.717) is 30.7 Å². The normalized spacial score (nSPS) is 12.7. The van der Waals surface area contributed by atoms with Gasteiger partial charge in [0.25, 0.3) is 0 Å². The predicted molar refractivity (Wildman–Crippen MR) is 88.5 cm³/mol. The molecule has 0 spiro atoms. The van der Waals surface area contributed by atoms with Gasteiger partial charge in [-0.25, -0.2) is 0 Å². The third-order valence-corrected chi connectivity index (χ3v) is 3.73. The second-order valence-corrected chi connectivity index (χ2v) is 6.56. The zero-order chi connectivity index (χ0) is 15.0. The van der Waals surface area contributed by atoms with Crippen LogP contribution < -0.4 is 5.32 Å². The Morgan fingerprint density at radius 3 is 2.80 bits per heavy atom. The van der Waals surface area contributed by atoms with Crippen LogP contribution in [0.15, 0.2) is 22.7 Å². The second-order valence-electron chi connectivity index (χ2n) is 5.27. The lowest BCUT2D eigenvalue weighted by atomic mass is 10.1. The molecule has 20 heavy (non-hydrogen) atoms. The van der Waals surface area contributed by atoms with Crippen LogP contribution in [0.1, 0.15) is 26.7 Å². The highest BCUT2D eigenvalue weighted by Gasteiger charge is 2.06. The maximum Gasteiger partial charge on any atom is 0.0945 e. The van der Waals surface area contributed by atoms with Gasteiger partial charge in [0.2, 0.25) is 0 Å². The van der Waals surface area contributed by atoms with Gasteiger partial charge in [-0.3, -0.25) is 0 Å². The number of rotatable bonds is 9. The summed E-state index contributed by atoms with van der Waals surface area (Å²) in [5.41, 5.74) is 0.910. The number of halogens is 2. The molecule has 0 aromatic heterocycles. The first-order valence-electron chi connectivity index (χ1n) is 6.93. The van der Waals surface area contributed by atoms with Crippen molar-refractivity contribution in [3.05, 3.63) is 27.7 Å². The summed E-state index contributed by atoms with van der Waals surface area (Å²) in [5.74, 6) is 0.701. The van der Waals surface area contributed by atoms with E-state index < -0.39 is 6.10 Å². The second kappa shape index (κ2) is 9.61. The minimum Gasteiger partial charge on any atom is -0.389 e. The van der Waals surface area contributed by atoms with Crippen molar-refractivity contribution in [2.45, 2.75) is 32.8 Å². The molecule has 0 aliphatic rings. The van der Waals surface area contributed by atoms with E-state index in [1.807, 2.05) is 18.2 Å². The first-order valence-corrected chi connectivity index (χ1v) is 8.11. The highest BCUT2D eigenvalue weighted by molar-refractivity contribution is 9.10. The fourth-order valence-corrected chi connectivity index (χ4v) is 2.56. The molecule has 1 unspecified atom stereocenters. The van der Waals surface area contributed by atoms with Crippen LogP contribution in [-0.4, -0.2) is 31.0 Å². The van der Waals surface area contributed by atoms with E-state index in [2.05, 4.69) is 35.1 Å². The number of aliphatic hydroxyl groups excluding tert-OH is 1. The van der Waals surface area contributed by atoms with Gasteiger partial charge < -0.3 is 15.2 Å². The molecule has 1 rings (SSSR count). The zero-order valence-corrected chi connectivity index (χ0v) is 14.4. The van der Waals surface area contributed by atoms with Crippen molar-refractivity contribution in [2.24, 2.45) is 5.92 Å². The molecule has 0 bridgehead atoms. The van der Waals surface area contributed by atoms with E-state index in [4.69, 9.17) is 16.3 Å². The van der Waals surface area contributed by atoms with Crippen LogP contribution in [0.2, 0.25) is 5.02 Å². The molecule has 0 radical (unpaired) electrons. The third-order valence-electron chi connectivity index (χ3n) is 2.84. The Hall–Kier alpha value is -0.290. The largest absolute Gasteiger partial charge is 0.389 e. The van der Waals surface area contributed by atoms with Gasteiger partial charge in [-0.1, -0.05) is 25.4 Å². The summed E-state index contributed by atoms with van der Waals surface area (Å²) in [5, 5.41) is 13.7. The van der Waals surface area contributed by atoms with E-state index in [0.717, 1.165) is 23.0 Å². The molecular formula is C15H23BrClNO2. The predicted octanol–water partition coefficient (Wildman–Crippen LogP) is 4.33. The van der Waals surface area contributed by atoms with Gasteiger partial charge in [0.1, 0.15) is 0 Å².